The van der Waals surface area contributed by atoms with Crippen molar-refractivity contribution in [3.8, 4) is 5.75 Å². The standard InChI is InChI=1S/C25H29ClN4O6/c26-20-11-16(23(33)28-12-14-3-1-6-18(31)9-14)7-8-19(20)24(34)30-21(25(35)36)13-29-22(32)15-4-2-5-17(27)10-15/h1,3,6-9,11,15,17,21,31H,2,4-5,10,12-13,27H2,(H,28,33)(H,29,32)(H,30,34)(H,35,36)/t15?,17?,21-/m0/s1. The molecule has 0 radical (unpaired) electrons. The van der Waals surface area contributed by atoms with Crippen LogP contribution in [0.4, 0.5) is 0 Å². The molecule has 1 aliphatic carbocycles. The van der Waals surface area contributed by atoms with Crippen molar-refractivity contribution < 1.29 is 29.4 Å². The van der Waals surface area contributed by atoms with Crippen LogP contribution in [0.2, 0.25) is 5.02 Å². The van der Waals surface area contributed by atoms with E-state index < -0.39 is 23.8 Å². The molecule has 1 aliphatic rings. The summed E-state index contributed by atoms with van der Waals surface area (Å²) in [6.07, 6.45) is 2.92. The minimum atomic E-state index is -1.37. The summed E-state index contributed by atoms with van der Waals surface area (Å²) >= 11 is 6.21. The molecule has 2 aromatic carbocycles. The van der Waals surface area contributed by atoms with E-state index in [1.807, 2.05) is 0 Å². The zero-order valence-corrected chi connectivity index (χ0v) is 20.3. The molecule has 36 heavy (non-hydrogen) atoms. The number of carboxylic acid groups (broad SMARTS) is 1. The van der Waals surface area contributed by atoms with Crippen molar-refractivity contribution in [2.45, 2.75) is 44.3 Å². The number of phenolic OH excluding ortho intramolecular Hbond substituents is 1. The lowest BCUT2D eigenvalue weighted by Crippen LogP contribution is -2.50. The topological polar surface area (TPSA) is 171 Å². The van der Waals surface area contributed by atoms with Crippen LogP contribution in [-0.2, 0) is 16.1 Å². The summed E-state index contributed by atoms with van der Waals surface area (Å²) in [4.78, 5) is 49.2. The van der Waals surface area contributed by atoms with Crippen LogP contribution >= 0.6 is 11.6 Å². The number of nitrogens with two attached hydrogens (primary N) is 1. The Morgan fingerprint density at radius 3 is 2.50 bits per heavy atom. The molecule has 2 aromatic rings. The largest absolute Gasteiger partial charge is 0.508 e. The minimum absolute atomic E-state index is 0.0166. The number of aliphatic carboxylic acids is 1. The van der Waals surface area contributed by atoms with Gasteiger partial charge in [-0.25, -0.2) is 4.79 Å². The molecule has 10 nitrogen and oxygen atoms in total. The maximum atomic E-state index is 12.7. The van der Waals surface area contributed by atoms with Crippen LogP contribution in [0.15, 0.2) is 42.5 Å². The van der Waals surface area contributed by atoms with Gasteiger partial charge in [0, 0.05) is 30.6 Å². The lowest BCUT2D eigenvalue weighted by Gasteiger charge is -2.26. The average molecular weight is 517 g/mol. The van der Waals surface area contributed by atoms with Gasteiger partial charge in [-0.1, -0.05) is 30.2 Å². The number of rotatable bonds is 9. The first-order valence-electron chi connectivity index (χ1n) is 11.6. The molecule has 0 bridgehead atoms. The van der Waals surface area contributed by atoms with Gasteiger partial charge in [0.1, 0.15) is 11.8 Å². The number of amides is 3. The molecule has 0 aliphatic heterocycles. The van der Waals surface area contributed by atoms with Gasteiger partial charge in [0.25, 0.3) is 11.8 Å². The third kappa shape index (κ3) is 7.43. The Morgan fingerprint density at radius 2 is 1.83 bits per heavy atom. The highest BCUT2D eigenvalue weighted by atomic mass is 35.5. The van der Waals surface area contributed by atoms with Gasteiger partial charge in [0.2, 0.25) is 5.91 Å². The molecule has 0 spiro atoms. The van der Waals surface area contributed by atoms with Gasteiger partial charge < -0.3 is 31.9 Å². The smallest absolute Gasteiger partial charge is 0.328 e. The van der Waals surface area contributed by atoms with Crippen molar-refractivity contribution in [3.63, 3.8) is 0 Å². The van der Waals surface area contributed by atoms with E-state index in [4.69, 9.17) is 17.3 Å². The fraction of sp³-hybridized carbons (Fsp3) is 0.360. The summed E-state index contributed by atoms with van der Waals surface area (Å²) in [5, 5.41) is 26.6. The number of carbonyl (C=O) groups is 4. The summed E-state index contributed by atoms with van der Waals surface area (Å²) < 4.78 is 0. The Hall–Kier alpha value is -3.63. The summed E-state index contributed by atoms with van der Waals surface area (Å²) in [5.74, 6) is -3.00. The molecular formula is C25H29ClN4O6. The van der Waals surface area contributed by atoms with E-state index >= 15 is 0 Å². The second-order valence-electron chi connectivity index (χ2n) is 8.78. The van der Waals surface area contributed by atoms with Gasteiger partial charge in [-0.05, 0) is 55.2 Å². The number of nitrogens with one attached hydrogen (secondary N) is 3. The first-order valence-corrected chi connectivity index (χ1v) is 11.9. The summed E-state index contributed by atoms with van der Waals surface area (Å²) in [5.41, 5.74) is 6.79. The zero-order chi connectivity index (χ0) is 26.2. The van der Waals surface area contributed by atoms with Gasteiger partial charge >= 0.3 is 5.97 Å². The second-order valence-corrected chi connectivity index (χ2v) is 9.19. The average Bonchev–Trinajstić information content (AvgIpc) is 2.84. The van der Waals surface area contributed by atoms with Crippen molar-refractivity contribution in [2.75, 3.05) is 6.54 Å². The molecule has 0 saturated heterocycles. The van der Waals surface area contributed by atoms with Crippen molar-refractivity contribution in [1.82, 2.24) is 16.0 Å². The van der Waals surface area contributed by atoms with Gasteiger partial charge in [-0.15, -0.1) is 0 Å². The number of hydrogen-bond acceptors (Lipinski definition) is 6. The predicted molar refractivity (Wildman–Crippen MR) is 133 cm³/mol. The molecular weight excluding hydrogens is 488 g/mol. The highest BCUT2D eigenvalue weighted by Crippen LogP contribution is 2.23. The predicted octanol–water partition coefficient (Wildman–Crippen LogP) is 1.79. The van der Waals surface area contributed by atoms with E-state index in [2.05, 4.69) is 16.0 Å². The molecule has 192 valence electrons. The number of halogens is 1. The monoisotopic (exact) mass is 516 g/mol. The Bertz CT molecular complexity index is 1140. The fourth-order valence-electron chi connectivity index (χ4n) is 4.04. The van der Waals surface area contributed by atoms with Crippen LogP contribution in [0.5, 0.6) is 5.75 Å². The summed E-state index contributed by atoms with van der Waals surface area (Å²) in [6.45, 7) is -0.120. The van der Waals surface area contributed by atoms with Crippen LogP contribution in [0.25, 0.3) is 0 Å². The van der Waals surface area contributed by atoms with E-state index in [-0.39, 0.29) is 52.9 Å². The lowest BCUT2D eigenvalue weighted by molar-refractivity contribution is -0.139. The summed E-state index contributed by atoms with van der Waals surface area (Å²) in [6, 6.07) is 9.02. The Labute approximate surface area is 213 Å². The van der Waals surface area contributed by atoms with E-state index in [0.29, 0.717) is 18.4 Å². The molecule has 7 N–H and O–H groups in total. The fourth-order valence-corrected chi connectivity index (χ4v) is 4.31. The number of hydrogen-bond donors (Lipinski definition) is 6. The van der Waals surface area contributed by atoms with Crippen LogP contribution in [-0.4, -0.2) is 52.5 Å². The first-order chi connectivity index (χ1) is 17.1. The number of carboxylic acids is 1. The van der Waals surface area contributed by atoms with E-state index in [0.717, 1.165) is 12.8 Å². The molecule has 0 aromatic heterocycles. The SMILES string of the molecule is NC1CCCC(C(=O)NC[C@H](NC(=O)c2ccc(C(=O)NCc3cccc(O)c3)cc2Cl)C(=O)O)C1. The third-order valence-electron chi connectivity index (χ3n) is 6.01. The normalized spacial score (nSPS) is 18.1. The zero-order valence-electron chi connectivity index (χ0n) is 19.5. The Kier molecular flexibility index (Phi) is 9.26. The Morgan fingerprint density at radius 1 is 1.06 bits per heavy atom. The molecule has 1 fully saturated rings. The molecule has 2 unspecified atom stereocenters. The minimum Gasteiger partial charge on any atom is -0.508 e. The highest BCUT2D eigenvalue weighted by Gasteiger charge is 2.28. The van der Waals surface area contributed by atoms with Crippen molar-refractivity contribution in [3.05, 3.63) is 64.2 Å². The molecule has 3 rings (SSSR count). The molecule has 3 amide bonds. The quantitative estimate of drug-likeness (QED) is 0.295. The highest BCUT2D eigenvalue weighted by molar-refractivity contribution is 6.34. The second kappa shape index (κ2) is 12.4. The van der Waals surface area contributed by atoms with Gasteiger partial charge in [-0.2, -0.15) is 0 Å². The first kappa shape index (κ1) is 27.0. The van der Waals surface area contributed by atoms with Crippen LogP contribution < -0.4 is 21.7 Å². The van der Waals surface area contributed by atoms with Crippen LogP contribution in [0.1, 0.15) is 52.0 Å². The van der Waals surface area contributed by atoms with E-state index in [1.54, 1.807) is 12.1 Å². The van der Waals surface area contributed by atoms with Crippen molar-refractivity contribution in [2.24, 2.45) is 11.7 Å². The number of benzene rings is 2. The molecule has 11 heteroatoms. The third-order valence-corrected chi connectivity index (χ3v) is 6.32. The number of carbonyl (C=O) groups excluding carboxylic acids is 3. The molecule has 3 atom stereocenters. The molecule has 1 saturated carbocycles. The van der Waals surface area contributed by atoms with Gasteiger partial charge in [-0.3, -0.25) is 14.4 Å². The van der Waals surface area contributed by atoms with Crippen LogP contribution in [0, 0.1) is 5.92 Å². The maximum absolute atomic E-state index is 12.7. The van der Waals surface area contributed by atoms with Gasteiger partial charge in [0.05, 0.1) is 10.6 Å². The molecule has 0 heterocycles. The Balaban J connectivity index is 1.57. The maximum Gasteiger partial charge on any atom is 0.328 e. The lowest BCUT2D eigenvalue weighted by atomic mass is 9.85. The van der Waals surface area contributed by atoms with E-state index in [9.17, 15) is 29.4 Å². The van der Waals surface area contributed by atoms with Crippen molar-refractivity contribution in [1.29, 1.82) is 0 Å². The number of phenols is 1. The number of aromatic hydroxyl groups is 1. The van der Waals surface area contributed by atoms with E-state index in [1.165, 1.54) is 30.3 Å². The van der Waals surface area contributed by atoms with Crippen LogP contribution in [0.3, 0.4) is 0 Å². The summed E-state index contributed by atoms with van der Waals surface area (Å²) in [7, 11) is 0. The van der Waals surface area contributed by atoms with Gasteiger partial charge in [0.15, 0.2) is 0 Å². The van der Waals surface area contributed by atoms with Crippen molar-refractivity contribution >= 4 is 35.3 Å².